The van der Waals surface area contributed by atoms with Crippen molar-refractivity contribution >= 4 is 17.5 Å². The van der Waals surface area contributed by atoms with Gasteiger partial charge < -0.3 is 4.42 Å². The molecule has 0 amide bonds. The van der Waals surface area contributed by atoms with Crippen LogP contribution in [-0.4, -0.2) is 21.2 Å². The first-order valence-corrected chi connectivity index (χ1v) is 10.7. The van der Waals surface area contributed by atoms with Crippen molar-refractivity contribution in [2.75, 3.05) is 0 Å². The van der Waals surface area contributed by atoms with Gasteiger partial charge in [-0.05, 0) is 54.9 Å². The first kappa shape index (κ1) is 18.9. The van der Waals surface area contributed by atoms with Crippen molar-refractivity contribution in [3.05, 3.63) is 76.7 Å². The summed E-state index contributed by atoms with van der Waals surface area (Å²) < 4.78 is 5.80. The number of rotatable bonds is 7. The monoisotopic (exact) mass is 392 g/mol. The Bertz CT molecular complexity index is 968. The highest BCUT2D eigenvalue weighted by Crippen LogP contribution is 2.28. The lowest BCUT2D eigenvalue weighted by Crippen LogP contribution is -2.13. The van der Waals surface area contributed by atoms with Gasteiger partial charge in [0.05, 0.1) is 5.25 Å². The topological polar surface area (TPSA) is 56.0 Å². The van der Waals surface area contributed by atoms with Gasteiger partial charge in [0.15, 0.2) is 5.78 Å². The molecule has 3 aromatic rings. The maximum absolute atomic E-state index is 12.8. The van der Waals surface area contributed by atoms with Gasteiger partial charge in [0.1, 0.15) is 0 Å². The number of aryl methyl sites for hydroxylation is 2. The van der Waals surface area contributed by atoms with Crippen LogP contribution in [0.3, 0.4) is 0 Å². The molecule has 0 radical (unpaired) electrons. The van der Waals surface area contributed by atoms with Crippen molar-refractivity contribution in [2.24, 2.45) is 0 Å². The van der Waals surface area contributed by atoms with Crippen molar-refractivity contribution in [3.8, 4) is 0 Å². The summed E-state index contributed by atoms with van der Waals surface area (Å²) in [6.45, 7) is 4.04. The summed E-state index contributed by atoms with van der Waals surface area (Å²) in [7, 11) is 0. The van der Waals surface area contributed by atoms with E-state index >= 15 is 0 Å². The van der Waals surface area contributed by atoms with Gasteiger partial charge in [0.25, 0.3) is 5.22 Å². The quantitative estimate of drug-likeness (QED) is 0.405. The molecule has 1 aliphatic rings. The van der Waals surface area contributed by atoms with Crippen molar-refractivity contribution in [3.63, 3.8) is 0 Å². The molecule has 2 aromatic carbocycles. The summed E-state index contributed by atoms with van der Waals surface area (Å²) in [5.74, 6) is 1.01. The third-order valence-corrected chi connectivity index (χ3v) is 6.26. The van der Waals surface area contributed by atoms with Crippen LogP contribution in [0.15, 0.2) is 58.2 Å². The number of hydrogen-bond donors (Lipinski definition) is 0. The van der Waals surface area contributed by atoms with E-state index in [0.29, 0.717) is 23.5 Å². The molecule has 1 aromatic heterocycles. The second kappa shape index (κ2) is 8.31. The number of Topliss-reactive ketones (excluding diaryl/α,β-unsaturated/α-hetero) is 1. The molecule has 0 saturated carbocycles. The lowest BCUT2D eigenvalue weighted by Gasteiger charge is -2.09. The van der Waals surface area contributed by atoms with Crippen LogP contribution in [0, 0.1) is 0 Å². The summed E-state index contributed by atoms with van der Waals surface area (Å²) in [5.41, 5.74) is 4.72. The van der Waals surface area contributed by atoms with Gasteiger partial charge in [-0.2, -0.15) is 0 Å². The SMILES string of the molecule is CC(Sc1nnc(CC(C)c2ccccc2)o1)C(=O)c1ccc2c(c1)CCC2. The van der Waals surface area contributed by atoms with Gasteiger partial charge in [-0.15, -0.1) is 10.2 Å². The van der Waals surface area contributed by atoms with E-state index in [-0.39, 0.29) is 11.0 Å². The maximum atomic E-state index is 12.8. The van der Waals surface area contributed by atoms with E-state index < -0.39 is 0 Å². The highest BCUT2D eigenvalue weighted by Gasteiger charge is 2.22. The first-order valence-electron chi connectivity index (χ1n) is 9.80. The fourth-order valence-corrected chi connectivity index (χ4v) is 4.47. The predicted molar refractivity (Wildman–Crippen MR) is 111 cm³/mol. The Morgan fingerprint density at radius 2 is 1.86 bits per heavy atom. The van der Waals surface area contributed by atoms with E-state index in [0.717, 1.165) is 18.4 Å². The Labute approximate surface area is 169 Å². The second-order valence-corrected chi connectivity index (χ2v) is 8.73. The predicted octanol–water partition coefficient (Wildman–Crippen LogP) is 5.27. The number of thioether (sulfide) groups is 1. The Morgan fingerprint density at radius 1 is 1.07 bits per heavy atom. The molecule has 1 heterocycles. The Morgan fingerprint density at radius 3 is 2.68 bits per heavy atom. The fourth-order valence-electron chi connectivity index (χ4n) is 3.69. The van der Waals surface area contributed by atoms with Crippen molar-refractivity contribution in [1.82, 2.24) is 10.2 Å². The molecule has 0 saturated heterocycles. The van der Waals surface area contributed by atoms with Crippen LogP contribution in [0.2, 0.25) is 0 Å². The van der Waals surface area contributed by atoms with E-state index in [4.69, 9.17) is 4.42 Å². The Balaban J connectivity index is 1.38. The van der Waals surface area contributed by atoms with Crippen molar-refractivity contribution in [2.45, 2.75) is 55.9 Å². The third-order valence-electron chi connectivity index (χ3n) is 5.33. The average Bonchev–Trinajstić information content (AvgIpc) is 3.36. The van der Waals surface area contributed by atoms with Gasteiger partial charge in [-0.3, -0.25) is 4.79 Å². The molecular formula is C23H24N2O2S. The molecule has 1 aliphatic carbocycles. The Kier molecular flexibility index (Phi) is 5.62. The third kappa shape index (κ3) is 4.20. The molecule has 28 heavy (non-hydrogen) atoms. The largest absolute Gasteiger partial charge is 0.416 e. The number of carbonyl (C=O) groups is 1. The van der Waals surface area contributed by atoms with Crippen LogP contribution in [0.4, 0.5) is 0 Å². The minimum absolute atomic E-state index is 0.108. The number of benzene rings is 2. The number of aromatic nitrogens is 2. The lowest BCUT2D eigenvalue weighted by atomic mass is 9.98. The van der Waals surface area contributed by atoms with Gasteiger partial charge in [-0.1, -0.05) is 61.2 Å². The number of carbonyl (C=O) groups excluding carboxylic acids is 1. The average molecular weight is 393 g/mol. The van der Waals surface area contributed by atoms with Crippen LogP contribution in [-0.2, 0) is 19.3 Å². The molecule has 0 spiro atoms. The lowest BCUT2D eigenvalue weighted by molar-refractivity contribution is 0.0993. The van der Waals surface area contributed by atoms with E-state index in [2.05, 4.69) is 41.4 Å². The van der Waals surface area contributed by atoms with Gasteiger partial charge in [-0.25, -0.2) is 0 Å². The molecule has 0 aliphatic heterocycles. The van der Waals surface area contributed by atoms with E-state index in [1.165, 1.54) is 34.9 Å². The zero-order valence-corrected chi connectivity index (χ0v) is 17.0. The van der Waals surface area contributed by atoms with Crippen LogP contribution in [0.25, 0.3) is 0 Å². The number of ketones is 1. The molecule has 0 fully saturated rings. The van der Waals surface area contributed by atoms with Crippen LogP contribution in [0.1, 0.15) is 59.1 Å². The van der Waals surface area contributed by atoms with Gasteiger partial charge >= 0.3 is 0 Å². The normalized spacial score (nSPS) is 15.2. The molecule has 5 heteroatoms. The molecule has 2 unspecified atom stereocenters. The Hall–Kier alpha value is -2.40. The molecule has 144 valence electrons. The number of hydrogen-bond acceptors (Lipinski definition) is 5. The smallest absolute Gasteiger partial charge is 0.277 e. The highest BCUT2D eigenvalue weighted by molar-refractivity contribution is 8.00. The van der Waals surface area contributed by atoms with Crippen molar-refractivity contribution < 1.29 is 9.21 Å². The van der Waals surface area contributed by atoms with Crippen LogP contribution >= 0.6 is 11.8 Å². The summed E-state index contributed by atoms with van der Waals surface area (Å²) >= 11 is 1.33. The standard InChI is InChI=1S/C23H24N2O2S/c1-15(17-7-4-3-5-8-17)13-21-24-25-23(27-21)28-16(2)22(26)20-12-11-18-9-6-10-19(18)14-20/h3-5,7-8,11-12,14-16H,6,9-10,13H2,1-2H3. The zero-order valence-electron chi connectivity index (χ0n) is 16.2. The fraction of sp³-hybridized carbons (Fsp3) is 0.348. The van der Waals surface area contributed by atoms with Crippen LogP contribution in [0.5, 0.6) is 0 Å². The summed E-state index contributed by atoms with van der Waals surface area (Å²) in [6, 6.07) is 16.4. The van der Waals surface area contributed by atoms with Crippen molar-refractivity contribution in [1.29, 1.82) is 0 Å². The van der Waals surface area contributed by atoms with Gasteiger partial charge in [0, 0.05) is 12.0 Å². The minimum Gasteiger partial charge on any atom is -0.416 e. The summed E-state index contributed by atoms with van der Waals surface area (Å²) in [6.07, 6.45) is 4.07. The minimum atomic E-state index is -0.265. The molecule has 0 N–H and O–H groups in total. The first-order chi connectivity index (χ1) is 13.6. The molecular weight excluding hydrogens is 368 g/mol. The molecule has 0 bridgehead atoms. The summed E-state index contributed by atoms with van der Waals surface area (Å²) in [4.78, 5) is 12.8. The number of fused-ring (bicyclic) bond motifs is 1. The highest BCUT2D eigenvalue weighted by atomic mass is 32.2. The van der Waals surface area contributed by atoms with Crippen LogP contribution < -0.4 is 0 Å². The van der Waals surface area contributed by atoms with E-state index in [1.54, 1.807) is 0 Å². The van der Waals surface area contributed by atoms with Gasteiger partial charge in [0.2, 0.25) is 5.89 Å². The molecule has 4 rings (SSSR count). The zero-order chi connectivity index (χ0) is 19.5. The second-order valence-electron chi connectivity index (χ2n) is 7.44. The van der Waals surface area contributed by atoms with E-state index in [9.17, 15) is 4.79 Å². The summed E-state index contributed by atoms with van der Waals surface area (Å²) in [5, 5.41) is 8.49. The van der Waals surface area contributed by atoms with E-state index in [1.807, 2.05) is 31.2 Å². The molecule has 4 nitrogen and oxygen atoms in total. The number of nitrogens with zero attached hydrogens (tertiary/aromatic N) is 2. The molecule has 2 atom stereocenters. The maximum Gasteiger partial charge on any atom is 0.277 e.